The zero-order valence-corrected chi connectivity index (χ0v) is 11.3. The second kappa shape index (κ2) is 5.10. The summed E-state index contributed by atoms with van der Waals surface area (Å²) in [4.78, 5) is 10.8. The molecule has 0 saturated heterocycles. The molecule has 0 spiro atoms. The number of hydrogen-bond donors (Lipinski definition) is 2. The van der Waals surface area contributed by atoms with Gasteiger partial charge in [-0.15, -0.1) is 10.2 Å². The van der Waals surface area contributed by atoms with Gasteiger partial charge in [-0.05, 0) is 12.0 Å². The normalized spacial score (nSPS) is 16.4. The molecule has 0 amide bonds. The minimum atomic E-state index is -0.993. The molecule has 0 fully saturated rings. The lowest BCUT2D eigenvalue weighted by atomic mass is 9.93. The van der Waals surface area contributed by atoms with Crippen LogP contribution in [0.4, 0.5) is 0 Å². The number of aliphatic carboxylic acids is 1. The second-order valence-electron chi connectivity index (χ2n) is 5.08. The van der Waals surface area contributed by atoms with Crippen LogP contribution in [0, 0.1) is 0 Å². The first-order valence-corrected chi connectivity index (χ1v) is 6.69. The Bertz CT molecular complexity index is 674. The highest BCUT2D eigenvalue weighted by molar-refractivity contribution is 5.73. The van der Waals surface area contributed by atoms with E-state index in [1.54, 1.807) is 0 Å². The van der Waals surface area contributed by atoms with E-state index < -0.39 is 17.7 Å². The molecule has 1 aliphatic heterocycles. The first-order valence-electron chi connectivity index (χ1n) is 6.69. The average molecular weight is 281 g/mol. The highest BCUT2D eigenvalue weighted by Crippen LogP contribution is 2.45. The molecule has 3 rings (SSSR count). The van der Waals surface area contributed by atoms with E-state index in [4.69, 9.17) is 10.8 Å². The predicted molar refractivity (Wildman–Crippen MR) is 77.8 cm³/mol. The zero-order chi connectivity index (χ0) is 14.9. The highest BCUT2D eigenvalue weighted by Gasteiger charge is 2.43. The average Bonchev–Trinajstić information content (AvgIpc) is 3.30. The summed E-state index contributed by atoms with van der Waals surface area (Å²) in [6, 6.07) is 16.6. The molecule has 1 heterocycles. The summed E-state index contributed by atoms with van der Waals surface area (Å²) >= 11 is 0. The molecule has 5 heteroatoms. The Morgan fingerprint density at radius 2 is 1.62 bits per heavy atom. The van der Waals surface area contributed by atoms with Gasteiger partial charge in [0.15, 0.2) is 0 Å². The monoisotopic (exact) mass is 281 g/mol. The van der Waals surface area contributed by atoms with Crippen molar-refractivity contribution >= 4 is 5.97 Å². The van der Waals surface area contributed by atoms with Crippen molar-refractivity contribution in [2.45, 2.75) is 18.1 Å². The van der Waals surface area contributed by atoms with E-state index in [9.17, 15) is 4.79 Å². The number of carbonyl (C=O) groups is 1. The first kappa shape index (κ1) is 13.5. The van der Waals surface area contributed by atoms with Crippen LogP contribution in [0.2, 0.25) is 0 Å². The molecule has 0 unspecified atom stereocenters. The van der Waals surface area contributed by atoms with Crippen LogP contribution >= 0.6 is 0 Å². The highest BCUT2D eigenvalue weighted by atomic mass is 16.4. The Morgan fingerprint density at radius 1 is 1.05 bits per heavy atom. The zero-order valence-electron chi connectivity index (χ0n) is 11.3. The molecule has 0 aromatic heterocycles. The van der Waals surface area contributed by atoms with Crippen molar-refractivity contribution in [1.82, 2.24) is 0 Å². The number of carboxylic acid groups (broad SMARTS) is 1. The predicted octanol–water partition coefficient (Wildman–Crippen LogP) is 2.31. The van der Waals surface area contributed by atoms with Gasteiger partial charge in [-0.1, -0.05) is 54.6 Å². The topological polar surface area (TPSA) is 88.0 Å². The van der Waals surface area contributed by atoms with Crippen LogP contribution < -0.4 is 5.73 Å². The summed E-state index contributed by atoms with van der Waals surface area (Å²) in [5.41, 5.74) is 7.84. The third-order valence-electron chi connectivity index (χ3n) is 3.61. The van der Waals surface area contributed by atoms with E-state index >= 15 is 0 Å². The van der Waals surface area contributed by atoms with Crippen molar-refractivity contribution in [2.75, 3.05) is 0 Å². The van der Waals surface area contributed by atoms with Crippen molar-refractivity contribution < 1.29 is 9.90 Å². The van der Waals surface area contributed by atoms with Gasteiger partial charge in [0.05, 0.1) is 0 Å². The summed E-state index contributed by atoms with van der Waals surface area (Å²) in [6.45, 7) is 0. The molecule has 0 bridgehead atoms. The molecule has 5 nitrogen and oxygen atoms in total. The third-order valence-corrected chi connectivity index (χ3v) is 3.61. The molecule has 21 heavy (non-hydrogen) atoms. The van der Waals surface area contributed by atoms with E-state index in [-0.39, 0.29) is 0 Å². The van der Waals surface area contributed by atoms with Crippen LogP contribution in [0.1, 0.15) is 16.7 Å². The van der Waals surface area contributed by atoms with Crippen LogP contribution in [0.15, 0.2) is 64.8 Å². The summed E-state index contributed by atoms with van der Waals surface area (Å²) in [5, 5.41) is 17.2. The van der Waals surface area contributed by atoms with Gasteiger partial charge in [0.1, 0.15) is 6.04 Å². The fourth-order valence-corrected chi connectivity index (χ4v) is 2.33. The maximum Gasteiger partial charge on any atom is 0.320 e. The van der Waals surface area contributed by atoms with E-state index in [0.29, 0.717) is 6.42 Å². The summed E-state index contributed by atoms with van der Waals surface area (Å²) in [7, 11) is 0. The number of nitrogens with zero attached hydrogens (tertiary/aromatic N) is 2. The second-order valence-corrected chi connectivity index (χ2v) is 5.08. The number of carboxylic acids is 1. The molecule has 106 valence electrons. The molecular formula is C16H15N3O2. The molecule has 0 saturated carbocycles. The lowest BCUT2D eigenvalue weighted by molar-refractivity contribution is -0.138. The van der Waals surface area contributed by atoms with Gasteiger partial charge in [0.25, 0.3) is 0 Å². The van der Waals surface area contributed by atoms with Crippen molar-refractivity contribution in [2.24, 2.45) is 16.0 Å². The smallest absolute Gasteiger partial charge is 0.320 e. The van der Waals surface area contributed by atoms with E-state index in [0.717, 1.165) is 16.7 Å². The van der Waals surface area contributed by atoms with Gasteiger partial charge in [0, 0.05) is 11.1 Å². The molecule has 0 radical (unpaired) electrons. The van der Waals surface area contributed by atoms with Gasteiger partial charge < -0.3 is 10.8 Å². The van der Waals surface area contributed by atoms with Crippen LogP contribution in [0.3, 0.4) is 0 Å². The van der Waals surface area contributed by atoms with E-state index in [2.05, 4.69) is 10.2 Å². The van der Waals surface area contributed by atoms with E-state index in [1.165, 1.54) is 0 Å². The lowest BCUT2D eigenvalue weighted by Gasteiger charge is -2.12. The Labute approximate surface area is 122 Å². The minimum Gasteiger partial charge on any atom is -0.480 e. The van der Waals surface area contributed by atoms with Crippen LogP contribution in [0.5, 0.6) is 0 Å². The standard InChI is InChI=1S/C16H15N3O2/c17-14(15(20)21)10-11-6-8-13(9-7-11)16(18-19-16)12-4-2-1-3-5-12/h1-9,14H,10,17H2,(H,20,21)/t14-/m0/s1. The SMILES string of the molecule is N[C@@H](Cc1ccc(C2(c3ccccc3)N=N2)cc1)C(=O)O. The van der Waals surface area contributed by atoms with Crippen molar-refractivity contribution in [3.8, 4) is 0 Å². The van der Waals surface area contributed by atoms with Gasteiger partial charge >= 0.3 is 5.97 Å². The number of nitrogens with two attached hydrogens (primary N) is 1. The number of rotatable bonds is 5. The quantitative estimate of drug-likeness (QED) is 0.881. The van der Waals surface area contributed by atoms with Crippen molar-refractivity contribution in [3.05, 3.63) is 71.3 Å². The van der Waals surface area contributed by atoms with Gasteiger partial charge in [-0.2, -0.15) is 0 Å². The van der Waals surface area contributed by atoms with Crippen molar-refractivity contribution in [3.63, 3.8) is 0 Å². The molecule has 1 atom stereocenters. The fourth-order valence-electron chi connectivity index (χ4n) is 2.33. The number of hydrogen-bond acceptors (Lipinski definition) is 4. The molecule has 2 aromatic rings. The minimum absolute atomic E-state index is 0.308. The van der Waals surface area contributed by atoms with Gasteiger partial charge in [-0.3, -0.25) is 4.79 Å². The Balaban J connectivity index is 1.80. The maximum absolute atomic E-state index is 10.8. The fraction of sp³-hybridized carbons (Fsp3) is 0.188. The van der Waals surface area contributed by atoms with E-state index in [1.807, 2.05) is 54.6 Å². The van der Waals surface area contributed by atoms with Gasteiger partial charge in [0.2, 0.25) is 5.66 Å². The summed E-state index contributed by atoms with van der Waals surface area (Å²) in [5.74, 6) is -0.993. The van der Waals surface area contributed by atoms with Crippen molar-refractivity contribution in [1.29, 1.82) is 0 Å². The van der Waals surface area contributed by atoms with Gasteiger partial charge in [-0.25, -0.2) is 0 Å². The molecule has 1 aliphatic rings. The Kier molecular flexibility index (Phi) is 3.27. The third kappa shape index (κ3) is 2.55. The van der Waals surface area contributed by atoms with Crippen LogP contribution in [0.25, 0.3) is 0 Å². The first-order chi connectivity index (χ1) is 10.1. The van der Waals surface area contributed by atoms with Crippen LogP contribution in [-0.4, -0.2) is 17.1 Å². The summed E-state index contributed by atoms with van der Waals surface area (Å²) in [6.07, 6.45) is 0.308. The number of benzene rings is 2. The maximum atomic E-state index is 10.8. The Hall–Kier alpha value is -2.53. The molecule has 2 aromatic carbocycles. The van der Waals surface area contributed by atoms with Crippen LogP contribution in [-0.2, 0) is 16.9 Å². The summed E-state index contributed by atoms with van der Waals surface area (Å²) < 4.78 is 0. The Morgan fingerprint density at radius 3 is 2.14 bits per heavy atom. The molecule has 3 N–H and O–H groups in total. The largest absolute Gasteiger partial charge is 0.480 e. The lowest BCUT2D eigenvalue weighted by Crippen LogP contribution is -2.32. The molecular weight excluding hydrogens is 266 g/mol. The molecule has 0 aliphatic carbocycles.